The molecule has 2 atom stereocenters. The van der Waals surface area contributed by atoms with Gasteiger partial charge in [0, 0.05) is 40.7 Å². The molecule has 3 aromatic rings. The number of pyridine rings is 1. The molecule has 1 aliphatic rings. The van der Waals surface area contributed by atoms with E-state index in [1.807, 2.05) is 36.4 Å². The molecule has 0 radical (unpaired) electrons. The zero-order valence-corrected chi connectivity index (χ0v) is 24.7. The fourth-order valence-electron chi connectivity index (χ4n) is 5.18. The summed E-state index contributed by atoms with van der Waals surface area (Å²) in [5.74, 6) is 1.19. The lowest BCUT2D eigenvalue weighted by atomic mass is 9.94. The molecule has 7 nitrogen and oxygen atoms in total. The van der Waals surface area contributed by atoms with Crippen LogP contribution in [0.5, 0.6) is 11.6 Å². The van der Waals surface area contributed by atoms with Crippen molar-refractivity contribution in [3.05, 3.63) is 77.2 Å². The van der Waals surface area contributed by atoms with Crippen molar-refractivity contribution in [1.29, 1.82) is 0 Å². The van der Waals surface area contributed by atoms with E-state index in [0.717, 1.165) is 35.1 Å². The number of ether oxygens (including phenoxy) is 2. The number of halogens is 1. The van der Waals surface area contributed by atoms with Crippen molar-refractivity contribution in [3.63, 3.8) is 0 Å². The number of methoxy groups -OCH3 is 1. The van der Waals surface area contributed by atoms with E-state index in [1.165, 1.54) is 13.3 Å². The Bertz CT molecular complexity index is 1310. The largest absolute Gasteiger partial charge is 0.694 e. The van der Waals surface area contributed by atoms with E-state index < -0.39 is 14.1 Å². The molecule has 1 aromatic heterocycles. The quantitative estimate of drug-likeness (QED) is 0.205. The summed E-state index contributed by atoms with van der Waals surface area (Å²) in [7, 11) is -1.10. The van der Waals surface area contributed by atoms with Gasteiger partial charge in [0.05, 0.1) is 13.3 Å². The fourth-order valence-corrected chi connectivity index (χ4v) is 5.46. The SMILES string of the molecule is COc1cc(-c2ccc(OCc3cccc(C(CO[P+](=O)O)C4CC4)c3)cc2CN(C(C)C)C(C)C)c(F)cn1. The monoisotopic (exact) mass is 569 g/mol. The van der Waals surface area contributed by atoms with Crippen LogP contribution in [-0.4, -0.2) is 40.6 Å². The van der Waals surface area contributed by atoms with E-state index in [1.54, 1.807) is 6.07 Å². The highest BCUT2D eigenvalue weighted by atomic mass is 31.1. The summed E-state index contributed by atoms with van der Waals surface area (Å²) in [6.45, 7) is 9.82. The van der Waals surface area contributed by atoms with Crippen LogP contribution in [0.3, 0.4) is 0 Å². The Morgan fingerprint density at radius 2 is 1.82 bits per heavy atom. The van der Waals surface area contributed by atoms with Crippen LogP contribution in [0.25, 0.3) is 11.1 Å². The van der Waals surface area contributed by atoms with Gasteiger partial charge in [0.25, 0.3) is 0 Å². The zero-order chi connectivity index (χ0) is 28.8. The van der Waals surface area contributed by atoms with E-state index in [9.17, 15) is 8.96 Å². The van der Waals surface area contributed by atoms with Crippen molar-refractivity contribution >= 4 is 8.25 Å². The highest BCUT2D eigenvalue weighted by Gasteiger charge is 2.34. The van der Waals surface area contributed by atoms with Crippen molar-refractivity contribution in [3.8, 4) is 22.8 Å². The minimum atomic E-state index is -2.62. The van der Waals surface area contributed by atoms with Crippen molar-refractivity contribution in [1.82, 2.24) is 9.88 Å². The summed E-state index contributed by atoms with van der Waals surface area (Å²) in [6.07, 6.45) is 3.39. The second kappa shape index (κ2) is 13.6. The van der Waals surface area contributed by atoms with E-state index >= 15 is 0 Å². The maximum Gasteiger partial charge on any atom is 0.694 e. The average Bonchev–Trinajstić information content (AvgIpc) is 3.76. The number of hydrogen-bond donors (Lipinski definition) is 1. The molecular formula is C31H39FN2O5P+. The predicted octanol–water partition coefficient (Wildman–Crippen LogP) is 7.25. The van der Waals surface area contributed by atoms with Crippen LogP contribution < -0.4 is 9.47 Å². The Labute approximate surface area is 237 Å². The third-order valence-corrected chi connectivity index (χ3v) is 7.80. The predicted molar refractivity (Wildman–Crippen MR) is 154 cm³/mol. The molecule has 4 rings (SSSR count). The molecule has 0 spiro atoms. The van der Waals surface area contributed by atoms with E-state index in [4.69, 9.17) is 18.9 Å². The van der Waals surface area contributed by atoms with E-state index in [0.29, 0.717) is 48.3 Å². The molecule has 1 heterocycles. The Morgan fingerprint density at radius 3 is 2.48 bits per heavy atom. The van der Waals surface area contributed by atoms with Crippen molar-refractivity contribution in [2.75, 3.05) is 13.7 Å². The third kappa shape index (κ3) is 7.85. The van der Waals surface area contributed by atoms with Crippen molar-refractivity contribution in [2.45, 2.75) is 71.7 Å². The first-order valence-corrected chi connectivity index (χ1v) is 14.9. The number of benzene rings is 2. The van der Waals surface area contributed by atoms with Gasteiger partial charge in [0.15, 0.2) is 0 Å². The molecule has 40 heavy (non-hydrogen) atoms. The maximum absolute atomic E-state index is 15.0. The second-order valence-electron chi connectivity index (χ2n) is 10.9. The molecule has 1 saturated carbocycles. The smallest absolute Gasteiger partial charge is 0.489 e. The summed E-state index contributed by atoms with van der Waals surface area (Å²) in [5, 5.41) is 0. The van der Waals surface area contributed by atoms with Gasteiger partial charge in [-0.15, -0.1) is 9.42 Å². The number of aromatic nitrogens is 1. The lowest BCUT2D eigenvalue weighted by molar-refractivity contribution is 0.166. The minimum absolute atomic E-state index is 0.0854. The number of hydrogen-bond acceptors (Lipinski definition) is 6. The molecule has 0 bridgehead atoms. The first-order chi connectivity index (χ1) is 19.2. The van der Waals surface area contributed by atoms with Gasteiger partial charge in [-0.1, -0.05) is 30.3 Å². The Kier molecular flexibility index (Phi) is 10.3. The normalized spacial score (nSPS) is 14.6. The van der Waals surface area contributed by atoms with Gasteiger partial charge in [-0.3, -0.25) is 4.90 Å². The average molecular weight is 570 g/mol. The van der Waals surface area contributed by atoms with Gasteiger partial charge in [0.2, 0.25) is 5.88 Å². The van der Waals surface area contributed by atoms with Gasteiger partial charge in [-0.2, -0.15) is 0 Å². The molecular weight excluding hydrogens is 530 g/mol. The van der Waals surface area contributed by atoms with Gasteiger partial charge in [-0.25, -0.2) is 9.37 Å². The summed E-state index contributed by atoms with van der Waals surface area (Å²) in [5.41, 5.74) is 4.24. The molecule has 0 saturated heterocycles. The summed E-state index contributed by atoms with van der Waals surface area (Å²) < 4.78 is 42.6. The minimum Gasteiger partial charge on any atom is -0.489 e. The zero-order valence-electron chi connectivity index (χ0n) is 23.8. The highest BCUT2D eigenvalue weighted by Crippen LogP contribution is 2.44. The fraction of sp³-hybridized carbons (Fsp3) is 0.452. The van der Waals surface area contributed by atoms with Crippen molar-refractivity contribution in [2.24, 2.45) is 5.92 Å². The molecule has 1 fully saturated rings. The highest BCUT2D eigenvalue weighted by molar-refractivity contribution is 7.32. The second-order valence-corrected chi connectivity index (χ2v) is 11.6. The summed E-state index contributed by atoms with van der Waals surface area (Å²) in [6, 6.07) is 16.1. The van der Waals surface area contributed by atoms with Crippen LogP contribution in [0.2, 0.25) is 0 Å². The molecule has 214 valence electrons. The van der Waals surface area contributed by atoms with Crippen LogP contribution in [-0.2, 0) is 22.2 Å². The Balaban J connectivity index is 1.59. The molecule has 2 unspecified atom stereocenters. The molecule has 0 amide bonds. The first kappa shape index (κ1) is 30.1. The van der Waals surface area contributed by atoms with Crippen LogP contribution in [0.15, 0.2) is 54.7 Å². The van der Waals surface area contributed by atoms with Gasteiger partial charge in [0.1, 0.15) is 24.8 Å². The molecule has 0 aliphatic heterocycles. The van der Waals surface area contributed by atoms with Crippen LogP contribution in [0.4, 0.5) is 4.39 Å². The molecule has 1 N–H and O–H groups in total. The summed E-state index contributed by atoms with van der Waals surface area (Å²) in [4.78, 5) is 15.5. The Hall–Kier alpha value is -2.90. The topological polar surface area (TPSA) is 81.1 Å². The summed E-state index contributed by atoms with van der Waals surface area (Å²) >= 11 is 0. The van der Waals surface area contributed by atoms with Gasteiger partial charge < -0.3 is 9.47 Å². The van der Waals surface area contributed by atoms with Gasteiger partial charge >= 0.3 is 8.25 Å². The number of nitrogens with zero attached hydrogens (tertiary/aromatic N) is 2. The maximum atomic E-state index is 15.0. The van der Waals surface area contributed by atoms with Crippen LogP contribution in [0.1, 0.15) is 63.1 Å². The third-order valence-electron chi connectivity index (χ3n) is 7.43. The van der Waals surface area contributed by atoms with Gasteiger partial charge in [-0.05, 0) is 80.8 Å². The van der Waals surface area contributed by atoms with Crippen LogP contribution in [0, 0.1) is 11.7 Å². The molecule has 9 heteroatoms. The Morgan fingerprint density at radius 1 is 1.07 bits per heavy atom. The van der Waals surface area contributed by atoms with E-state index in [-0.39, 0.29) is 12.5 Å². The lowest BCUT2D eigenvalue weighted by Crippen LogP contribution is -2.36. The lowest BCUT2D eigenvalue weighted by Gasteiger charge is -2.31. The standard InChI is InChI=1S/C31H38FN2O5P/c1-20(2)34(21(3)4)17-25-14-26(11-12-27(25)28-15-31(37-5)33-16-30(28)32)38-18-22-7-6-8-24(13-22)29(23-9-10-23)19-39-40(35)36/h6-8,11-16,20-21,23,29H,9-10,17-19H2,1-5H3/p+1. The molecule has 1 aliphatic carbocycles. The van der Waals surface area contributed by atoms with Crippen molar-refractivity contribution < 1.29 is 27.8 Å². The number of rotatable bonds is 14. The van der Waals surface area contributed by atoms with Crippen LogP contribution >= 0.6 is 8.25 Å². The first-order valence-electron chi connectivity index (χ1n) is 13.8. The van der Waals surface area contributed by atoms with E-state index in [2.05, 4.69) is 43.6 Å². The molecule has 2 aromatic carbocycles.